The first-order chi connectivity index (χ1) is 9.63. The second-order valence-corrected chi connectivity index (χ2v) is 6.22. The molecule has 108 valence electrons. The fraction of sp³-hybridized carbons (Fsp3) is 0.500. The fourth-order valence-electron chi connectivity index (χ4n) is 2.76. The Kier molecular flexibility index (Phi) is 4.05. The van der Waals surface area contributed by atoms with Gasteiger partial charge in [0.15, 0.2) is 0 Å². The highest BCUT2D eigenvalue weighted by Crippen LogP contribution is 2.21. The van der Waals surface area contributed by atoms with Crippen molar-refractivity contribution >= 4 is 21.8 Å². The Morgan fingerprint density at radius 2 is 1.95 bits per heavy atom. The molecule has 0 spiro atoms. The molecule has 2 heterocycles. The van der Waals surface area contributed by atoms with Crippen LogP contribution in [0, 0.1) is 5.82 Å². The molecular formula is C14H17BrFN3O. The van der Waals surface area contributed by atoms with E-state index in [0.29, 0.717) is 16.1 Å². The highest BCUT2D eigenvalue weighted by molar-refractivity contribution is 9.10. The molecule has 2 aliphatic rings. The van der Waals surface area contributed by atoms with E-state index in [4.69, 9.17) is 0 Å². The maximum absolute atomic E-state index is 13.3. The molecule has 1 N–H and O–H groups in total. The summed E-state index contributed by atoms with van der Waals surface area (Å²) in [5.41, 5.74) is 0.413. The molecule has 6 heteroatoms. The summed E-state index contributed by atoms with van der Waals surface area (Å²) in [6.45, 7) is 5.60. The van der Waals surface area contributed by atoms with E-state index in [1.54, 1.807) is 11.0 Å². The summed E-state index contributed by atoms with van der Waals surface area (Å²) in [4.78, 5) is 16.5. The van der Waals surface area contributed by atoms with Crippen molar-refractivity contribution in [2.45, 2.75) is 6.04 Å². The van der Waals surface area contributed by atoms with Crippen molar-refractivity contribution in [3.8, 4) is 0 Å². The van der Waals surface area contributed by atoms with E-state index < -0.39 is 0 Å². The number of rotatable bonds is 2. The molecule has 0 atom stereocenters. The van der Waals surface area contributed by atoms with Crippen LogP contribution in [0.25, 0.3) is 0 Å². The number of nitrogens with one attached hydrogen (secondary N) is 1. The lowest BCUT2D eigenvalue weighted by atomic mass is 10.0. The molecule has 0 aromatic heterocycles. The Hall–Kier alpha value is -0.980. The first-order valence-corrected chi connectivity index (χ1v) is 7.63. The van der Waals surface area contributed by atoms with Gasteiger partial charge in [0.05, 0.1) is 0 Å². The second-order valence-electron chi connectivity index (χ2n) is 5.31. The van der Waals surface area contributed by atoms with Crippen LogP contribution in [-0.2, 0) is 0 Å². The first kappa shape index (κ1) is 14.0. The van der Waals surface area contributed by atoms with Crippen molar-refractivity contribution in [2.24, 2.45) is 0 Å². The van der Waals surface area contributed by atoms with Gasteiger partial charge >= 0.3 is 0 Å². The van der Waals surface area contributed by atoms with E-state index >= 15 is 0 Å². The zero-order chi connectivity index (χ0) is 14.1. The van der Waals surface area contributed by atoms with Crippen LogP contribution in [0.15, 0.2) is 22.7 Å². The van der Waals surface area contributed by atoms with E-state index in [2.05, 4.69) is 26.1 Å². The maximum atomic E-state index is 13.3. The summed E-state index contributed by atoms with van der Waals surface area (Å²) >= 11 is 3.22. The van der Waals surface area contributed by atoms with Gasteiger partial charge < -0.3 is 10.2 Å². The van der Waals surface area contributed by atoms with Crippen molar-refractivity contribution in [1.29, 1.82) is 0 Å². The third-order valence-corrected chi connectivity index (χ3v) is 4.38. The molecule has 0 unspecified atom stereocenters. The number of halogens is 2. The number of carbonyl (C=O) groups excluding carboxylic acids is 1. The monoisotopic (exact) mass is 341 g/mol. The average Bonchev–Trinajstić information content (AvgIpc) is 2.37. The molecular weight excluding hydrogens is 325 g/mol. The molecule has 2 fully saturated rings. The van der Waals surface area contributed by atoms with Gasteiger partial charge in [0, 0.05) is 55.3 Å². The summed E-state index contributed by atoms with van der Waals surface area (Å²) in [6.07, 6.45) is 0. The minimum atomic E-state index is -0.387. The van der Waals surface area contributed by atoms with Gasteiger partial charge in [-0.15, -0.1) is 0 Å². The molecule has 0 radical (unpaired) electrons. The largest absolute Gasteiger partial charge is 0.335 e. The van der Waals surface area contributed by atoms with Crippen molar-refractivity contribution in [3.05, 3.63) is 34.1 Å². The Bertz CT molecular complexity index is 493. The summed E-state index contributed by atoms with van der Waals surface area (Å²) in [7, 11) is 0. The van der Waals surface area contributed by atoms with Crippen LogP contribution in [0.3, 0.4) is 0 Å². The summed E-state index contributed by atoms with van der Waals surface area (Å²) in [5, 5.41) is 3.32. The number of hydrogen-bond donors (Lipinski definition) is 1. The number of nitrogens with zero attached hydrogens (tertiary/aromatic N) is 2. The van der Waals surface area contributed by atoms with E-state index in [9.17, 15) is 9.18 Å². The van der Waals surface area contributed by atoms with Crippen molar-refractivity contribution in [1.82, 2.24) is 15.1 Å². The van der Waals surface area contributed by atoms with Crippen LogP contribution in [0.4, 0.5) is 4.39 Å². The lowest BCUT2D eigenvalue weighted by Gasteiger charge is -2.46. The van der Waals surface area contributed by atoms with Crippen LogP contribution in [-0.4, -0.2) is 61.0 Å². The van der Waals surface area contributed by atoms with Gasteiger partial charge in [0.25, 0.3) is 5.91 Å². The van der Waals surface area contributed by atoms with Gasteiger partial charge in [-0.05, 0) is 18.2 Å². The van der Waals surface area contributed by atoms with E-state index in [1.165, 1.54) is 12.1 Å². The third kappa shape index (κ3) is 2.87. The molecule has 0 saturated carbocycles. The predicted molar refractivity (Wildman–Crippen MR) is 78.2 cm³/mol. The SMILES string of the molecule is O=C(c1cc(F)cc(Br)c1)N1CC(N2CCNCC2)C1. The highest BCUT2D eigenvalue weighted by Gasteiger charge is 2.35. The maximum Gasteiger partial charge on any atom is 0.254 e. The predicted octanol–water partition coefficient (Wildman–Crippen LogP) is 1.32. The smallest absolute Gasteiger partial charge is 0.254 e. The minimum Gasteiger partial charge on any atom is -0.335 e. The van der Waals surface area contributed by atoms with Gasteiger partial charge in [-0.25, -0.2) is 4.39 Å². The van der Waals surface area contributed by atoms with E-state index in [0.717, 1.165) is 39.3 Å². The van der Waals surface area contributed by atoms with Crippen LogP contribution in [0.1, 0.15) is 10.4 Å². The zero-order valence-corrected chi connectivity index (χ0v) is 12.7. The fourth-order valence-corrected chi connectivity index (χ4v) is 3.22. The van der Waals surface area contributed by atoms with Gasteiger partial charge in [-0.1, -0.05) is 15.9 Å². The second kappa shape index (κ2) is 5.79. The molecule has 0 bridgehead atoms. The number of amides is 1. The lowest BCUT2D eigenvalue weighted by molar-refractivity contribution is 0.0227. The topological polar surface area (TPSA) is 35.6 Å². The molecule has 1 aromatic rings. The molecule has 3 rings (SSSR count). The van der Waals surface area contributed by atoms with Gasteiger partial charge in [-0.2, -0.15) is 0 Å². The lowest BCUT2D eigenvalue weighted by Crippen LogP contribution is -2.63. The first-order valence-electron chi connectivity index (χ1n) is 6.83. The molecule has 4 nitrogen and oxygen atoms in total. The summed E-state index contributed by atoms with van der Waals surface area (Å²) < 4.78 is 13.9. The molecule has 1 aromatic carbocycles. The highest BCUT2D eigenvalue weighted by atomic mass is 79.9. The Morgan fingerprint density at radius 1 is 1.25 bits per heavy atom. The van der Waals surface area contributed by atoms with Crippen LogP contribution < -0.4 is 5.32 Å². The molecule has 2 saturated heterocycles. The van der Waals surface area contributed by atoms with Crippen molar-refractivity contribution in [2.75, 3.05) is 39.3 Å². The minimum absolute atomic E-state index is 0.0865. The average molecular weight is 342 g/mol. The molecule has 1 amide bonds. The van der Waals surface area contributed by atoms with Gasteiger partial charge in [-0.3, -0.25) is 9.69 Å². The number of carbonyl (C=O) groups is 1. The Morgan fingerprint density at radius 3 is 2.60 bits per heavy atom. The van der Waals surface area contributed by atoms with Gasteiger partial charge in [0.2, 0.25) is 0 Å². The van der Waals surface area contributed by atoms with E-state index in [-0.39, 0.29) is 11.7 Å². The van der Waals surface area contributed by atoms with Crippen LogP contribution in [0.5, 0.6) is 0 Å². The summed E-state index contributed by atoms with van der Waals surface area (Å²) in [6, 6.07) is 4.78. The molecule has 20 heavy (non-hydrogen) atoms. The number of likely N-dealkylation sites (tertiary alicyclic amines) is 1. The Balaban J connectivity index is 1.60. The number of piperazine rings is 1. The summed E-state index contributed by atoms with van der Waals surface area (Å²) in [5.74, 6) is -0.474. The van der Waals surface area contributed by atoms with Crippen LogP contribution >= 0.6 is 15.9 Å². The standard InChI is InChI=1S/C14H17BrFN3O/c15-11-5-10(6-12(16)7-11)14(20)19-8-13(9-19)18-3-1-17-2-4-18/h5-7,13,17H,1-4,8-9H2. The normalized spacial score (nSPS) is 20.8. The molecule has 0 aliphatic carbocycles. The number of hydrogen-bond acceptors (Lipinski definition) is 3. The van der Waals surface area contributed by atoms with Crippen molar-refractivity contribution in [3.63, 3.8) is 0 Å². The molecule has 2 aliphatic heterocycles. The quantitative estimate of drug-likeness (QED) is 0.881. The third-order valence-electron chi connectivity index (χ3n) is 3.93. The van der Waals surface area contributed by atoms with Crippen LogP contribution in [0.2, 0.25) is 0 Å². The van der Waals surface area contributed by atoms with E-state index in [1.807, 2.05) is 0 Å². The van der Waals surface area contributed by atoms with Crippen molar-refractivity contribution < 1.29 is 9.18 Å². The number of benzene rings is 1. The van der Waals surface area contributed by atoms with Gasteiger partial charge in [0.1, 0.15) is 5.82 Å². The zero-order valence-electron chi connectivity index (χ0n) is 11.1. The Labute approximate surface area is 126 Å².